The lowest BCUT2D eigenvalue weighted by Gasteiger charge is -2.45. The van der Waals surface area contributed by atoms with Crippen molar-refractivity contribution in [3.8, 4) is 11.5 Å². The van der Waals surface area contributed by atoms with Crippen LogP contribution in [-0.4, -0.2) is 0 Å². The van der Waals surface area contributed by atoms with E-state index in [0.29, 0.717) is 23.3 Å². The topological polar surface area (TPSA) is 48.7 Å². The lowest BCUT2D eigenvalue weighted by atomic mass is 9.80. The molecule has 2 aliphatic heterocycles. The van der Waals surface area contributed by atoms with Gasteiger partial charge in [-0.05, 0) is 29.6 Å². The molecule has 0 saturated heterocycles. The van der Waals surface area contributed by atoms with Gasteiger partial charge in [-0.3, -0.25) is 0 Å². The summed E-state index contributed by atoms with van der Waals surface area (Å²) in [5, 5.41) is 2.81. The van der Waals surface area contributed by atoms with Crippen LogP contribution in [0.3, 0.4) is 0 Å². The molecule has 0 saturated carbocycles. The highest BCUT2D eigenvalue weighted by molar-refractivity contribution is 7.10. The van der Waals surface area contributed by atoms with Crippen molar-refractivity contribution in [3.05, 3.63) is 92.5 Å². The number of fused-ring (bicyclic) bond motifs is 8. The number of hydrogen-bond acceptors (Lipinski definition) is 5. The van der Waals surface area contributed by atoms with Crippen LogP contribution in [0.25, 0.3) is 11.0 Å². The molecule has 0 N–H and O–H groups in total. The average molecular weight is 374 g/mol. The Bertz CT molecular complexity index is 1240. The number of ether oxygens (including phenoxy) is 2. The Balaban J connectivity index is 1.72. The Morgan fingerprint density at radius 2 is 1.81 bits per heavy atom. The van der Waals surface area contributed by atoms with E-state index in [2.05, 4.69) is 0 Å². The van der Waals surface area contributed by atoms with Crippen molar-refractivity contribution in [1.29, 1.82) is 0 Å². The molecule has 2 unspecified atom stereocenters. The Hall–Kier alpha value is -3.05. The van der Waals surface area contributed by atoms with E-state index in [1.54, 1.807) is 17.4 Å². The van der Waals surface area contributed by atoms with E-state index < -0.39 is 5.79 Å². The molecule has 2 aromatic carbocycles. The van der Waals surface area contributed by atoms with Crippen LogP contribution in [0.15, 0.2) is 75.3 Å². The lowest BCUT2D eigenvalue weighted by Crippen LogP contribution is -2.47. The van der Waals surface area contributed by atoms with Gasteiger partial charge in [-0.2, -0.15) is 0 Å². The number of benzene rings is 2. The molecular formula is C22H14O4S. The Morgan fingerprint density at radius 1 is 0.963 bits per heavy atom. The van der Waals surface area contributed by atoms with Gasteiger partial charge in [0.1, 0.15) is 17.1 Å². The zero-order valence-corrected chi connectivity index (χ0v) is 15.0. The van der Waals surface area contributed by atoms with Crippen LogP contribution >= 0.6 is 11.3 Å². The normalized spacial score (nSPS) is 22.4. The maximum Gasteiger partial charge on any atom is 0.343 e. The van der Waals surface area contributed by atoms with E-state index in [4.69, 9.17) is 13.9 Å². The Kier molecular flexibility index (Phi) is 2.92. The summed E-state index contributed by atoms with van der Waals surface area (Å²) in [4.78, 5) is 13.9. The molecule has 2 atom stereocenters. The summed E-state index contributed by atoms with van der Waals surface area (Å²) in [6.45, 7) is 0. The predicted molar refractivity (Wildman–Crippen MR) is 103 cm³/mol. The van der Waals surface area contributed by atoms with Gasteiger partial charge in [-0.1, -0.05) is 36.4 Å². The van der Waals surface area contributed by atoms with Crippen molar-refractivity contribution in [3.63, 3.8) is 0 Å². The third-order valence-corrected chi connectivity index (χ3v) is 6.35. The summed E-state index contributed by atoms with van der Waals surface area (Å²) in [5.74, 6) is 0.250. The van der Waals surface area contributed by atoms with Gasteiger partial charge < -0.3 is 13.9 Å². The molecule has 4 nitrogen and oxygen atoms in total. The summed E-state index contributed by atoms with van der Waals surface area (Å²) in [6.07, 6.45) is 0.542. The number of thiophene rings is 1. The van der Waals surface area contributed by atoms with E-state index >= 15 is 0 Å². The first-order valence-corrected chi connectivity index (χ1v) is 9.70. The van der Waals surface area contributed by atoms with Crippen LogP contribution in [0, 0.1) is 0 Å². The molecule has 0 fully saturated rings. The van der Waals surface area contributed by atoms with Crippen molar-refractivity contribution < 1.29 is 13.9 Å². The largest absolute Gasteiger partial charge is 0.447 e. The minimum atomic E-state index is -0.934. The monoisotopic (exact) mass is 374 g/mol. The highest BCUT2D eigenvalue weighted by Crippen LogP contribution is 2.55. The third-order valence-electron chi connectivity index (χ3n) is 5.35. The van der Waals surface area contributed by atoms with Crippen LogP contribution in [0.1, 0.15) is 28.3 Å². The molecule has 27 heavy (non-hydrogen) atoms. The summed E-state index contributed by atoms with van der Waals surface area (Å²) in [7, 11) is 0. The van der Waals surface area contributed by atoms with Crippen LogP contribution < -0.4 is 15.1 Å². The molecule has 2 aromatic heterocycles. The van der Waals surface area contributed by atoms with E-state index in [-0.39, 0.29) is 11.5 Å². The second-order valence-corrected chi connectivity index (χ2v) is 7.81. The van der Waals surface area contributed by atoms with Gasteiger partial charge in [-0.15, -0.1) is 11.3 Å². The molecule has 5 heteroatoms. The molecule has 2 bridgehead atoms. The fourth-order valence-corrected chi connectivity index (χ4v) is 4.99. The molecule has 4 heterocycles. The smallest absolute Gasteiger partial charge is 0.343 e. The molecule has 0 spiro atoms. The Labute approximate surface area is 158 Å². The standard InChI is InChI=1S/C22H14O4S/c23-21-19-15-12-22(18-10-5-11-27-18,25-17-9-4-1-6-13(15)17)26-20(19)14-7-2-3-8-16(14)24-21/h1-11,15H,12H2. The SMILES string of the molecule is O=c1oc2ccccc2c2c1C1CC(c3cccs3)(Oc3ccccc31)O2. The van der Waals surface area contributed by atoms with Crippen LogP contribution in [-0.2, 0) is 5.79 Å². The molecule has 0 radical (unpaired) electrons. The van der Waals surface area contributed by atoms with Gasteiger partial charge in [0, 0.05) is 17.9 Å². The van der Waals surface area contributed by atoms with Gasteiger partial charge in [0.05, 0.1) is 15.8 Å². The first-order chi connectivity index (χ1) is 13.3. The molecule has 132 valence electrons. The fraction of sp³-hybridized carbons (Fsp3) is 0.136. The summed E-state index contributed by atoms with van der Waals surface area (Å²) < 4.78 is 18.6. The number of rotatable bonds is 1. The van der Waals surface area contributed by atoms with Crippen molar-refractivity contribution in [2.45, 2.75) is 18.1 Å². The predicted octanol–water partition coefficient (Wildman–Crippen LogP) is 5.01. The molecule has 0 aliphatic carbocycles. The average Bonchev–Trinajstić information content (AvgIpc) is 3.23. The van der Waals surface area contributed by atoms with Gasteiger partial charge in [0.2, 0.25) is 0 Å². The van der Waals surface area contributed by atoms with Crippen molar-refractivity contribution in [2.24, 2.45) is 0 Å². The first-order valence-electron chi connectivity index (χ1n) is 8.82. The maximum atomic E-state index is 12.9. The molecular weight excluding hydrogens is 360 g/mol. The number of para-hydroxylation sites is 2. The highest BCUT2D eigenvalue weighted by Gasteiger charge is 2.52. The zero-order chi connectivity index (χ0) is 18.0. The molecule has 4 aromatic rings. The first kappa shape index (κ1) is 15.1. The minimum Gasteiger partial charge on any atom is -0.447 e. The van der Waals surface area contributed by atoms with Crippen molar-refractivity contribution in [1.82, 2.24) is 0 Å². The van der Waals surface area contributed by atoms with Crippen LogP contribution in [0.4, 0.5) is 0 Å². The fourth-order valence-electron chi connectivity index (χ4n) is 4.19. The molecule has 2 aliphatic rings. The van der Waals surface area contributed by atoms with E-state index in [9.17, 15) is 4.79 Å². The van der Waals surface area contributed by atoms with Crippen molar-refractivity contribution >= 4 is 22.3 Å². The summed E-state index contributed by atoms with van der Waals surface area (Å²) in [6, 6.07) is 19.3. The second kappa shape index (κ2) is 5.24. The highest BCUT2D eigenvalue weighted by atomic mass is 32.1. The van der Waals surface area contributed by atoms with E-state index in [1.165, 1.54) is 0 Å². The van der Waals surface area contributed by atoms with E-state index in [1.807, 2.05) is 60.0 Å². The van der Waals surface area contributed by atoms with Crippen LogP contribution in [0.5, 0.6) is 11.5 Å². The van der Waals surface area contributed by atoms with E-state index in [0.717, 1.165) is 21.6 Å². The van der Waals surface area contributed by atoms with Crippen LogP contribution in [0.2, 0.25) is 0 Å². The summed E-state index contributed by atoms with van der Waals surface area (Å²) in [5.41, 5.74) is 1.76. The lowest BCUT2D eigenvalue weighted by molar-refractivity contribution is -0.145. The summed E-state index contributed by atoms with van der Waals surface area (Å²) >= 11 is 1.60. The Morgan fingerprint density at radius 3 is 2.70 bits per heavy atom. The minimum absolute atomic E-state index is 0.137. The van der Waals surface area contributed by atoms with Gasteiger partial charge in [-0.25, -0.2) is 4.79 Å². The van der Waals surface area contributed by atoms with Crippen molar-refractivity contribution in [2.75, 3.05) is 0 Å². The van der Waals surface area contributed by atoms with Gasteiger partial charge in [0.25, 0.3) is 5.79 Å². The second-order valence-electron chi connectivity index (χ2n) is 6.86. The third kappa shape index (κ3) is 2.00. The van der Waals surface area contributed by atoms with Gasteiger partial charge >= 0.3 is 5.63 Å². The van der Waals surface area contributed by atoms with Gasteiger partial charge in [0.15, 0.2) is 0 Å². The maximum absolute atomic E-state index is 12.9. The molecule has 6 rings (SSSR count). The number of hydrogen-bond donors (Lipinski definition) is 0. The molecule has 0 amide bonds. The zero-order valence-electron chi connectivity index (χ0n) is 14.2. The quantitative estimate of drug-likeness (QED) is 0.439.